The van der Waals surface area contributed by atoms with E-state index in [1.165, 1.54) is 0 Å². The molecule has 1 rings (SSSR count). The van der Waals surface area contributed by atoms with Crippen molar-refractivity contribution in [3.05, 3.63) is 37.0 Å². The average Bonchev–Trinajstić information content (AvgIpc) is 1.69. The van der Waals surface area contributed by atoms with Gasteiger partial charge in [-0.2, -0.15) is 12.5 Å². The van der Waals surface area contributed by atoms with Crippen molar-refractivity contribution < 1.29 is 51.4 Å². The van der Waals surface area contributed by atoms with Crippen molar-refractivity contribution >= 4 is 0 Å². The SMILES string of the molecule is [CH2-]c1ccncc1.[K+]. The van der Waals surface area contributed by atoms with Crippen LogP contribution < -0.4 is 51.4 Å². The summed E-state index contributed by atoms with van der Waals surface area (Å²) in [7, 11) is 0. The first-order valence-corrected chi connectivity index (χ1v) is 2.11. The van der Waals surface area contributed by atoms with Gasteiger partial charge in [-0.15, -0.1) is 12.1 Å². The number of aromatic nitrogens is 1. The zero-order chi connectivity index (χ0) is 5.11. The van der Waals surface area contributed by atoms with Crippen molar-refractivity contribution in [2.24, 2.45) is 0 Å². The maximum absolute atomic E-state index is 3.81. The third-order valence-corrected chi connectivity index (χ3v) is 0.749. The van der Waals surface area contributed by atoms with Crippen LogP contribution in [0.4, 0.5) is 0 Å². The third-order valence-electron chi connectivity index (χ3n) is 0.749. The van der Waals surface area contributed by atoms with Crippen molar-refractivity contribution in [3.8, 4) is 0 Å². The normalized spacial score (nSPS) is 7.50. The summed E-state index contributed by atoms with van der Waals surface area (Å²) in [5, 5.41) is 0. The van der Waals surface area contributed by atoms with Crippen LogP contribution in [0, 0.1) is 6.92 Å². The summed E-state index contributed by atoms with van der Waals surface area (Å²) in [6, 6.07) is 3.72. The molecular weight excluding hydrogens is 125 g/mol. The van der Waals surface area contributed by atoms with Crippen LogP contribution in [0.3, 0.4) is 0 Å². The first-order valence-electron chi connectivity index (χ1n) is 2.11. The second-order valence-electron chi connectivity index (χ2n) is 1.36. The Morgan fingerprint density at radius 1 is 1.25 bits per heavy atom. The van der Waals surface area contributed by atoms with E-state index in [9.17, 15) is 0 Å². The topological polar surface area (TPSA) is 12.9 Å². The predicted molar refractivity (Wildman–Crippen MR) is 28.7 cm³/mol. The van der Waals surface area contributed by atoms with E-state index in [1.54, 1.807) is 12.4 Å². The van der Waals surface area contributed by atoms with Crippen molar-refractivity contribution in [2.45, 2.75) is 0 Å². The van der Waals surface area contributed by atoms with Gasteiger partial charge in [-0.1, -0.05) is 0 Å². The maximum Gasteiger partial charge on any atom is 1.00 e. The first kappa shape index (κ1) is 8.66. The van der Waals surface area contributed by atoms with Crippen LogP contribution in [0.1, 0.15) is 5.56 Å². The largest absolute Gasteiger partial charge is 1.00 e. The van der Waals surface area contributed by atoms with E-state index in [1.807, 2.05) is 12.1 Å². The molecule has 0 aliphatic rings. The predicted octanol–water partition coefficient (Wildman–Crippen LogP) is -1.73. The molecule has 1 aromatic heterocycles. The van der Waals surface area contributed by atoms with E-state index in [0.29, 0.717) is 0 Å². The van der Waals surface area contributed by atoms with Crippen molar-refractivity contribution in [1.82, 2.24) is 4.98 Å². The smallest absolute Gasteiger partial charge is 0.291 e. The van der Waals surface area contributed by atoms with E-state index in [0.717, 1.165) is 5.56 Å². The van der Waals surface area contributed by atoms with Crippen LogP contribution in [0.2, 0.25) is 0 Å². The molecule has 0 amide bonds. The van der Waals surface area contributed by atoms with Gasteiger partial charge in [0.15, 0.2) is 0 Å². The molecule has 36 valence electrons. The average molecular weight is 131 g/mol. The summed E-state index contributed by atoms with van der Waals surface area (Å²) in [4.78, 5) is 3.81. The fourth-order valence-electron chi connectivity index (χ4n) is 0.383. The molecule has 0 N–H and O–H groups in total. The van der Waals surface area contributed by atoms with Gasteiger partial charge in [0.2, 0.25) is 0 Å². The Balaban J connectivity index is 0.000000490. The van der Waals surface area contributed by atoms with E-state index < -0.39 is 0 Å². The fraction of sp³-hybridized carbons (Fsp3) is 0. The van der Waals surface area contributed by atoms with Crippen molar-refractivity contribution in [1.29, 1.82) is 0 Å². The molecule has 0 spiro atoms. The second kappa shape index (κ2) is 4.53. The molecule has 1 aromatic rings. The Labute approximate surface area is 91.9 Å². The van der Waals surface area contributed by atoms with Crippen molar-refractivity contribution in [2.75, 3.05) is 0 Å². The molecule has 0 aliphatic carbocycles. The maximum atomic E-state index is 3.81. The number of pyridine rings is 1. The zero-order valence-electron chi connectivity index (χ0n) is 4.96. The van der Waals surface area contributed by atoms with Crippen LogP contribution >= 0.6 is 0 Å². The molecular formula is C6H6KN. The molecule has 0 atom stereocenters. The van der Waals surface area contributed by atoms with Gasteiger partial charge in [-0.05, 0) is 12.4 Å². The second-order valence-corrected chi connectivity index (χ2v) is 1.36. The monoisotopic (exact) mass is 131 g/mol. The van der Waals surface area contributed by atoms with E-state index in [4.69, 9.17) is 0 Å². The molecule has 0 radical (unpaired) electrons. The van der Waals surface area contributed by atoms with Gasteiger partial charge in [0.1, 0.15) is 0 Å². The van der Waals surface area contributed by atoms with Gasteiger partial charge < -0.3 is 0 Å². The Morgan fingerprint density at radius 3 is 2.00 bits per heavy atom. The number of rotatable bonds is 0. The van der Waals surface area contributed by atoms with Gasteiger partial charge in [0, 0.05) is 0 Å². The standard InChI is InChI=1S/C6H6N.K/c1-6-2-4-7-5-3-6;/h2-5H,1H2;/q-1;+1. The van der Waals surface area contributed by atoms with Crippen LogP contribution in [-0.2, 0) is 0 Å². The molecule has 1 heterocycles. The van der Waals surface area contributed by atoms with Crippen molar-refractivity contribution in [3.63, 3.8) is 0 Å². The number of nitrogens with zero attached hydrogens (tertiary/aromatic N) is 1. The third kappa shape index (κ3) is 2.84. The number of hydrogen-bond donors (Lipinski definition) is 0. The summed E-state index contributed by atoms with van der Waals surface area (Å²) in [6.07, 6.45) is 3.45. The van der Waals surface area contributed by atoms with Crippen LogP contribution in [0.5, 0.6) is 0 Å². The van der Waals surface area contributed by atoms with E-state index in [-0.39, 0.29) is 51.4 Å². The van der Waals surface area contributed by atoms with Crippen LogP contribution in [-0.4, -0.2) is 4.98 Å². The summed E-state index contributed by atoms with van der Waals surface area (Å²) < 4.78 is 0. The van der Waals surface area contributed by atoms with E-state index in [2.05, 4.69) is 11.9 Å². The first-order chi connectivity index (χ1) is 3.39. The molecule has 1 nitrogen and oxygen atoms in total. The van der Waals surface area contributed by atoms with Crippen LogP contribution in [0.15, 0.2) is 24.5 Å². The quantitative estimate of drug-likeness (QED) is 0.301. The van der Waals surface area contributed by atoms with Gasteiger partial charge in [0.25, 0.3) is 0 Å². The van der Waals surface area contributed by atoms with Gasteiger partial charge in [-0.3, -0.25) is 4.98 Å². The van der Waals surface area contributed by atoms with Gasteiger partial charge >= 0.3 is 51.4 Å². The van der Waals surface area contributed by atoms with Crippen LogP contribution in [0.25, 0.3) is 0 Å². The molecule has 0 bridgehead atoms. The Kier molecular flexibility index (Phi) is 4.90. The van der Waals surface area contributed by atoms with Gasteiger partial charge in [0.05, 0.1) is 0 Å². The molecule has 0 saturated heterocycles. The van der Waals surface area contributed by atoms with Gasteiger partial charge in [-0.25, -0.2) is 0 Å². The molecule has 0 aliphatic heterocycles. The van der Waals surface area contributed by atoms with E-state index >= 15 is 0 Å². The Hall–Kier alpha value is 0.656. The molecule has 0 unspecified atom stereocenters. The Bertz CT molecular complexity index is 138. The minimum absolute atomic E-state index is 0. The number of hydrogen-bond acceptors (Lipinski definition) is 1. The molecule has 0 fully saturated rings. The molecule has 2 heteroatoms. The minimum atomic E-state index is 0. The Morgan fingerprint density at radius 2 is 1.75 bits per heavy atom. The molecule has 0 aromatic carbocycles. The molecule has 0 saturated carbocycles. The zero-order valence-corrected chi connectivity index (χ0v) is 8.09. The summed E-state index contributed by atoms with van der Waals surface area (Å²) >= 11 is 0. The molecule has 8 heavy (non-hydrogen) atoms. The summed E-state index contributed by atoms with van der Waals surface area (Å²) in [5.74, 6) is 0. The minimum Gasteiger partial charge on any atom is -0.291 e. The summed E-state index contributed by atoms with van der Waals surface area (Å²) in [6.45, 7) is 3.68. The fourth-order valence-corrected chi connectivity index (χ4v) is 0.383. The summed E-state index contributed by atoms with van der Waals surface area (Å²) in [5.41, 5.74) is 1.01.